The molecule has 0 bridgehead atoms. The lowest BCUT2D eigenvalue weighted by atomic mass is 9.99. The highest BCUT2D eigenvalue weighted by molar-refractivity contribution is 9.10. The van der Waals surface area contributed by atoms with Crippen LogP contribution in [0.3, 0.4) is 0 Å². The topological polar surface area (TPSA) is 23.8 Å². The molecule has 0 atom stereocenters. The van der Waals surface area contributed by atoms with E-state index in [4.69, 9.17) is 5.26 Å². The molecular formula is C13H6BrF2N. The van der Waals surface area contributed by atoms with E-state index in [2.05, 4.69) is 15.9 Å². The number of nitrogens with zero attached hydrogens (tertiary/aromatic N) is 1. The van der Waals surface area contributed by atoms with Gasteiger partial charge in [-0.1, -0.05) is 22.0 Å². The average Bonchev–Trinajstić information content (AvgIpc) is 2.32. The normalized spacial score (nSPS) is 10.0. The standard InChI is InChI=1S/C13H6BrF2N/c14-9-4-5-11(15)10(6-9)13-8(7-17)2-1-3-12(13)16/h1-6H. The molecule has 2 aromatic carbocycles. The molecule has 0 fully saturated rings. The van der Waals surface area contributed by atoms with Crippen LogP contribution in [0.25, 0.3) is 11.1 Å². The molecule has 0 saturated heterocycles. The summed E-state index contributed by atoms with van der Waals surface area (Å²) < 4.78 is 28.0. The van der Waals surface area contributed by atoms with Crippen molar-refractivity contribution in [3.63, 3.8) is 0 Å². The SMILES string of the molecule is N#Cc1cccc(F)c1-c1cc(Br)ccc1F. The van der Waals surface area contributed by atoms with Crippen molar-refractivity contribution in [3.8, 4) is 17.2 Å². The van der Waals surface area contributed by atoms with Gasteiger partial charge < -0.3 is 0 Å². The Balaban J connectivity index is 2.77. The molecule has 84 valence electrons. The zero-order chi connectivity index (χ0) is 12.4. The van der Waals surface area contributed by atoms with Crippen LogP contribution in [-0.4, -0.2) is 0 Å². The summed E-state index contributed by atoms with van der Waals surface area (Å²) in [7, 11) is 0. The fourth-order valence-corrected chi connectivity index (χ4v) is 1.94. The van der Waals surface area contributed by atoms with E-state index < -0.39 is 11.6 Å². The molecular weight excluding hydrogens is 288 g/mol. The maximum atomic E-state index is 13.7. The highest BCUT2D eigenvalue weighted by Gasteiger charge is 2.14. The van der Waals surface area contributed by atoms with E-state index in [1.165, 1.54) is 36.4 Å². The molecule has 0 N–H and O–H groups in total. The molecule has 0 amide bonds. The van der Waals surface area contributed by atoms with Gasteiger partial charge in [0.05, 0.1) is 11.6 Å². The van der Waals surface area contributed by atoms with Gasteiger partial charge in [-0.25, -0.2) is 8.78 Å². The van der Waals surface area contributed by atoms with Crippen molar-refractivity contribution >= 4 is 15.9 Å². The minimum atomic E-state index is -0.610. The van der Waals surface area contributed by atoms with Gasteiger partial charge in [0.25, 0.3) is 0 Å². The second kappa shape index (κ2) is 4.64. The smallest absolute Gasteiger partial charge is 0.132 e. The molecule has 17 heavy (non-hydrogen) atoms. The molecule has 2 rings (SSSR count). The van der Waals surface area contributed by atoms with Gasteiger partial charge in [0.2, 0.25) is 0 Å². The number of halogens is 3. The fraction of sp³-hybridized carbons (Fsp3) is 0. The maximum absolute atomic E-state index is 13.7. The highest BCUT2D eigenvalue weighted by Crippen LogP contribution is 2.30. The first-order valence-corrected chi connectivity index (χ1v) is 5.57. The zero-order valence-electron chi connectivity index (χ0n) is 8.55. The van der Waals surface area contributed by atoms with Crippen molar-refractivity contribution in [2.75, 3.05) is 0 Å². The Labute approximate surface area is 105 Å². The van der Waals surface area contributed by atoms with Crippen molar-refractivity contribution in [1.82, 2.24) is 0 Å². The Morgan fingerprint density at radius 3 is 2.53 bits per heavy atom. The van der Waals surface area contributed by atoms with Gasteiger partial charge in [0.1, 0.15) is 11.6 Å². The predicted molar refractivity (Wildman–Crippen MR) is 64.2 cm³/mol. The Bertz CT molecular complexity index is 617. The summed E-state index contributed by atoms with van der Waals surface area (Å²) in [6.45, 7) is 0. The van der Waals surface area contributed by atoms with Crippen LogP contribution in [0, 0.1) is 23.0 Å². The first-order chi connectivity index (χ1) is 8.13. The van der Waals surface area contributed by atoms with E-state index in [-0.39, 0.29) is 16.7 Å². The lowest BCUT2D eigenvalue weighted by molar-refractivity contribution is 0.616. The Hall–Kier alpha value is -1.73. The third kappa shape index (κ3) is 2.20. The molecule has 2 aromatic rings. The molecule has 4 heteroatoms. The van der Waals surface area contributed by atoms with Gasteiger partial charge in [-0.3, -0.25) is 0 Å². The fourth-order valence-electron chi connectivity index (χ4n) is 1.58. The van der Waals surface area contributed by atoms with Crippen LogP contribution >= 0.6 is 15.9 Å². The maximum Gasteiger partial charge on any atom is 0.132 e. The van der Waals surface area contributed by atoms with Crippen molar-refractivity contribution < 1.29 is 8.78 Å². The van der Waals surface area contributed by atoms with Crippen LogP contribution in [0.15, 0.2) is 40.9 Å². The first kappa shape index (κ1) is 11.7. The van der Waals surface area contributed by atoms with Gasteiger partial charge in [0.15, 0.2) is 0 Å². The summed E-state index contributed by atoms with van der Waals surface area (Å²) in [5, 5.41) is 8.91. The van der Waals surface area contributed by atoms with Crippen LogP contribution in [0.5, 0.6) is 0 Å². The number of nitriles is 1. The van der Waals surface area contributed by atoms with Gasteiger partial charge in [0, 0.05) is 15.6 Å². The van der Waals surface area contributed by atoms with E-state index >= 15 is 0 Å². The average molecular weight is 294 g/mol. The second-order valence-corrected chi connectivity index (χ2v) is 4.31. The number of hydrogen-bond donors (Lipinski definition) is 0. The lowest BCUT2D eigenvalue weighted by Crippen LogP contribution is -1.92. The summed E-state index contributed by atoms with van der Waals surface area (Å²) in [4.78, 5) is 0. The first-order valence-electron chi connectivity index (χ1n) is 4.77. The van der Waals surface area contributed by atoms with E-state index in [9.17, 15) is 8.78 Å². The minimum absolute atomic E-state index is 0.00574. The molecule has 0 unspecified atom stereocenters. The van der Waals surface area contributed by atoms with Crippen LogP contribution in [0.4, 0.5) is 8.78 Å². The quantitative estimate of drug-likeness (QED) is 0.770. The zero-order valence-corrected chi connectivity index (χ0v) is 10.1. The Kier molecular flexibility index (Phi) is 3.21. The molecule has 0 saturated carbocycles. The third-order valence-corrected chi connectivity index (χ3v) is 2.83. The summed E-state index contributed by atoms with van der Waals surface area (Å²) in [5.74, 6) is -1.17. The van der Waals surface area contributed by atoms with Crippen molar-refractivity contribution in [2.45, 2.75) is 0 Å². The van der Waals surface area contributed by atoms with Crippen LogP contribution in [0.2, 0.25) is 0 Å². The van der Waals surface area contributed by atoms with E-state index in [0.717, 1.165) is 0 Å². The third-order valence-electron chi connectivity index (χ3n) is 2.33. The highest BCUT2D eigenvalue weighted by atomic mass is 79.9. The molecule has 0 aliphatic rings. The molecule has 0 aliphatic heterocycles. The van der Waals surface area contributed by atoms with Gasteiger partial charge in [-0.05, 0) is 30.3 Å². The molecule has 0 radical (unpaired) electrons. The lowest BCUT2D eigenvalue weighted by Gasteiger charge is -2.07. The van der Waals surface area contributed by atoms with Crippen molar-refractivity contribution in [1.29, 1.82) is 5.26 Å². The molecule has 1 nitrogen and oxygen atoms in total. The number of rotatable bonds is 1. The van der Waals surface area contributed by atoms with E-state index in [0.29, 0.717) is 4.47 Å². The summed E-state index contributed by atoms with van der Waals surface area (Å²) in [6, 6.07) is 10.1. The van der Waals surface area contributed by atoms with Crippen molar-refractivity contribution in [3.05, 3.63) is 58.1 Å². The minimum Gasteiger partial charge on any atom is -0.206 e. The monoisotopic (exact) mass is 293 g/mol. The van der Waals surface area contributed by atoms with Crippen LogP contribution in [0.1, 0.15) is 5.56 Å². The second-order valence-electron chi connectivity index (χ2n) is 3.40. The van der Waals surface area contributed by atoms with E-state index in [1.54, 1.807) is 0 Å². The predicted octanol–water partition coefficient (Wildman–Crippen LogP) is 4.27. The van der Waals surface area contributed by atoms with Crippen LogP contribution < -0.4 is 0 Å². The van der Waals surface area contributed by atoms with Crippen LogP contribution in [-0.2, 0) is 0 Å². The molecule has 0 heterocycles. The van der Waals surface area contributed by atoms with Gasteiger partial charge >= 0.3 is 0 Å². The van der Waals surface area contributed by atoms with Gasteiger partial charge in [-0.15, -0.1) is 0 Å². The Morgan fingerprint density at radius 1 is 1.06 bits per heavy atom. The summed E-state index contributed by atoms with van der Waals surface area (Å²) >= 11 is 3.19. The summed E-state index contributed by atoms with van der Waals surface area (Å²) in [5.41, 5.74) is 0.185. The van der Waals surface area contributed by atoms with Gasteiger partial charge in [-0.2, -0.15) is 5.26 Å². The van der Waals surface area contributed by atoms with E-state index in [1.807, 2.05) is 6.07 Å². The van der Waals surface area contributed by atoms with Crippen molar-refractivity contribution in [2.24, 2.45) is 0 Å². The number of benzene rings is 2. The number of hydrogen-bond acceptors (Lipinski definition) is 1. The molecule has 0 spiro atoms. The summed E-state index contributed by atoms with van der Waals surface area (Å²) in [6.07, 6.45) is 0. The largest absolute Gasteiger partial charge is 0.206 e. The molecule has 0 aliphatic carbocycles. The Morgan fingerprint density at radius 2 is 1.82 bits per heavy atom. The molecule has 0 aromatic heterocycles.